The van der Waals surface area contributed by atoms with E-state index in [9.17, 15) is 0 Å². The molecule has 3 aromatic carbocycles. The van der Waals surface area contributed by atoms with E-state index in [-0.39, 0.29) is 22.5 Å². The molecule has 1 aliphatic carbocycles. The van der Waals surface area contributed by atoms with Gasteiger partial charge in [-0.2, -0.15) is 30.3 Å². The average molecular weight is 400 g/mol. The summed E-state index contributed by atoms with van der Waals surface area (Å²) in [6.07, 6.45) is 3.34. The molecule has 4 rings (SSSR count). The molecule has 1 nitrogen and oxygen atoms in total. The molecule has 0 spiro atoms. The first kappa shape index (κ1) is 21.3. The minimum absolute atomic E-state index is 0. The van der Waals surface area contributed by atoms with E-state index in [2.05, 4.69) is 64.1 Å². The van der Waals surface area contributed by atoms with E-state index in [1.807, 2.05) is 30.3 Å². The first-order valence-electron chi connectivity index (χ1n) is 9.22. The third-order valence-corrected chi connectivity index (χ3v) is 4.80. The van der Waals surface area contributed by atoms with E-state index >= 15 is 0 Å². The van der Waals surface area contributed by atoms with E-state index in [4.69, 9.17) is 4.74 Å². The monoisotopic (exact) mass is 400 g/mol. The van der Waals surface area contributed by atoms with Crippen LogP contribution >= 0.6 is 0 Å². The summed E-state index contributed by atoms with van der Waals surface area (Å²) in [6, 6.07) is 20.9. The normalized spacial score (nSPS) is 12.4. The average Bonchev–Trinajstić information content (AvgIpc) is 3.34. The molecule has 0 fully saturated rings. The second-order valence-corrected chi connectivity index (χ2v) is 7.95. The number of allylic oxidation sites excluding steroid dienone is 1. The number of fused-ring (bicyclic) bond motifs is 1. The molecule has 3 aromatic rings. The van der Waals surface area contributed by atoms with Crippen LogP contribution in [-0.2, 0) is 28.9 Å². The molecule has 0 aliphatic heterocycles. The Kier molecular flexibility index (Phi) is 6.92. The summed E-state index contributed by atoms with van der Waals surface area (Å²) in [5.74, 6) is 1.04. The molecule has 0 heterocycles. The van der Waals surface area contributed by atoms with E-state index in [0.717, 1.165) is 12.2 Å². The first-order chi connectivity index (χ1) is 12.4. The van der Waals surface area contributed by atoms with Crippen LogP contribution in [-0.4, -0.2) is 7.11 Å². The predicted octanol–water partition coefficient (Wildman–Crippen LogP) is 6.74. The fourth-order valence-corrected chi connectivity index (χ4v) is 3.57. The van der Waals surface area contributed by atoms with Crippen LogP contribution in [0.15, 0.2) is 66.2 Å². The van der Waals surface area contributed by atoms with Crippen LogP contribution in [0.2, 0.25) is 0 Å². The maximum atomic E-state index is 5.86. The van der Waals surface area contributed by atoms with Crippen LogP contribution < -0.4 is 4.74 Å². The van der Waals surface area contributed by atoms with Gasteiger partial charge in [-0.25, -0.2) is 12.1 Å². The van der Waals surface area contributed by atoms with Crippen molar-refractivity contribution in [3.05, 3.63) is 82.9 Å². The molecule has 0 N–H and O–H groups in total. The Morgan fingerprint density at radius 1 is 1.04 bits per heavy atom. The van der Waals surface area contributed by atoms with Crippen molar-refractivity contribution in [2.24, 2.45) is 0 Å². The first-order valence-corrected chi connectivity index (χ1v) is 9.22. The van der Waals surface area contributed by atoms with Gasteiger partial charge in [0.05, 0.1) is 12.9 Å². The second-order valence-electron chi connectivity index (χ2n) is 7.95. The molecule has 0 saturated carbocycles. The zero-order valence-corrected chi connectivity index (χ0v) is 17.9. The Balaban J connectivity index is 0.000000379. The van der Waals surface area contributed by atoms with Crippen molar-refractivity contribution in [1.82, 2.24) is 0 Å². The maximum Gasteiger partial charge on any atom is 2.00 e. The molecular weight excluding hydrogens is 372 g/mol. The van der Waals surface area contributed by atoms with Crippen LogP contribution in [0.4, 0.5) is 0 Å². The molecule has 27 heavy (non-hydrogen) atoms. The van der Waals surface area contributed by atoms with Gasteiger partial charge in [0.2, 0.25) is 0 Å². The van der Waals surface area contributed by atoms with Crippen molar-refractivity contribution in [3.8, 4) is 16.9 Å². The van der Waals surface area contributed by atoms with Crippen molar-refractivity contribution in [3.63, 3.8) is 0 Å². The van der Waals surface area contributed by atoms with Gasteiger partial charge in [0.15, 0.2) is 0 Å². The fraction of sp³-hybridized carbons (Fsp3) is 0.280. The van der Waals surface area contributed by atoms with E-state index in [1.54, 1.807) is 7.11 Å². The largest absolute Gasteiger partial charge is 2.00 e. The standard InChI is InChI=1S/C20H23O.C5H5.Fe/c1-13-10-15-12-17(20(2,3)4)19(21-5)18(16(15)11-13)14-8-6-7-9-14;1-2-4-5-3-1;/h6-10,12H,11H2,1-5H3;1-5H;/q2*-1;+2. The smallest absolute Gasteiger partial charge is 0.530 e. The van der Waals surface area contributed by atoms with Crippen molar-refractivity contribution >= 4 is 6.08 Å². The van der Waals surface area contributed by atoms with E-state index < -0.39 is 0 Å². The number of ether oxygens (including phenoxy) is 1. The summed E-state index contributed by atoms with van der Waals surface area (Å²) in [7, 11) is 1.79. The van der Waals surface area contributed by atoms with Crippen molar-refractivity contribution in [2.75, 3.05) is 7.11 Å². The molecule has 0 radical (unpaired) electrons. The van der Waals surface area contributed by atoms with Crippen LogP contribution in [0, 0.1) is 0 Å². The molecule has 0 amide bonds. The molecule has 142 valence electrons. The maximum absolute atomic E-state index is 5.86. The third kappa shape index (κ3) is 4.64. The predicted molar refractivity (Wildman–Crippen MR) is 112 cm³/mol. The van der Waals surface area contributed by atoms with E-state index in [1.165, 1.54) is 33.4 Å². The number of benzene rings is 1. The number of hydrogen-bond acceptors (Lipinski definition) is 1. The third-order valence-electron chi connectivity index (χ3n) is 4.80. The van der Waals surface area contributed by atoms with Crippen LogP contribution in [0.25, 0.3) is 17.2 Å². The zero-order chi connectivity index (χ0) is 18.7. The number of rotatable bonds is 2. The number of methoxy groups -OCH3 is 1. The van der Waals surface area contributed by atoms with Crippen LogP contribution in [0.1, 0.15) is 44.4 Å². The van der Waals surface area contributed by atoms with Gasteiger partial charge in [-0.1, -0.05) is 60.7 Å². The summed E-state index contributed by atoms with van der Waals surface area (Å²) < 4.78 is 5.86. The molecule has 2 heteroatoms. The summed E-state index contributed by atoms with van der Waals surface area (Å²) in [5.41, 5.74) is 8.07. The van der Waals surface area contributed by atoms with Crippen LogP contribution in [0.5, 0.6) is 5.75 Å². The van der Waals surface area contributed by atoms with Crippen LogP contribution in [0.3, 0.4) is 0 Å². The Labute approximate surface area is 174 Å². The Bertz CT molecular complexity index is 858. The quantitative estimate of drug-likeness (QED) is 0.342. The Hall–Kier alpha value is -2.02. The van der Waals surface area contributed by atoms with E-state index in [0.29, 0.717) is 0 Å². The fourth-order valence-electron chi connectivity index (χ4n) is 3.57. The number of hydrogen-bond donors (Lipinski definition) is 0. The van der Waals surface area contributed by atoms with Gasteiger partial charge >= 0.3 is 17.1 Å². The van der Waals surface area contributed by atoms with Gasteiger partial charge in [0.25, 0.3) is 0 Å². The molecule has 0 atom stereocenters. The molecular formula is C25H28FeO. The van der Waals surface area contributed by atoms with Crippen molar-refractivity contribution < 1.29 is 21.8 Å². The molecule has 1 aliphatic rings. The Morgan fingerprint density at radius 3 is 2.15 bits per heavy atom. The van der Waals surface area contributed by atoms with Gasteiger partial charge in [0.1, 0.15) is 0 Å². The molecule has 0 bridgehead atoms. The second kappa shape index (κ2) is 8.78. The summed E-state index contributed by atoms with van der Waals surface area (Å²) >= 11 is 0. The van der Waals surface area contributed by atoms with Gasteiger partial charge < -0.3 is 4.74 Å². The Morgan fingerprint density at radius 2 is 1.67 bits per heavy atom. The van der Waals surface area contributed by atoms with Crippen molar-refractivity contribution in [1.29, 1.82) is 0 Å². The summed E-state index contributed by atoms with van der Waals surface area (Å²) in [6.45, 7) is 8.95. The van der Waals surface area contributed by atoms with Gasteiger partial charge in [-0.15, -0.1) is 12.1 Å². The SMILES string of the molecule is COc1c(C(C)(C)C)cc2c(c1-[c-]1cccc1)CC(C)=C2.[Fe+2].c1cc[cH-]c1. The topological polar surface area (TPSA) is 9.23 Å². The summed E-state index contributed by atoms with van der Waals surface area (Å²) in [4.78, 5) is 0. The molecule has 0 saturated heterocycles. The molecule has 0 aromatic heterocycles. The minimum Gasteiger partial charge on any atom is -0.530 e. The van der Waals surface area contributed by atoms with Gasteiger partial charge in [-0.3, -0.25) is 0 Å². The van der Waals surface area contributed by atoms with Crippen molar-refractivity contribution in [2.45, 2.75) is 39.5 Å². The summed E-state index contributed by atoms with van der Waals surface area (Å²) in [5, 5.41) is 0. The van der Waals surface area contributed by atoms with Gasteiger partial charge in [-0.05, 0) is 24.3 Å². The zero-order valence-electron chi connectivity index (χ0n) is 16.8. The minimum atomic E-state index is 0. The van der Waals surface area contributed by atoms with Gasteiger partial charge in [0, 0.05) is 0 Å². The molecule has 0 unspecified atom stereocenters.